The highest BCUT2D eigenvalue weighted by molar-refractivity contribution is 5.12. The molecule has 9 heavy (non-hydrogen) atoms. The zero-order valence-corrected chi connectivity index (χ0v) is 5.85. The Hall–Kier alpha value is -0.340. The molecule has 0 aliphatic carbocycles. The molecule has 0 fully saturated rings. The second-order valence-corrected chi connectivity index (χ2v) is 2.52. The highest BCUT2D eigenvalue weighted by Gasteiger charge is 2.05. The van der Waals surface area contributed by atoms with E-state index in [1.807, 2.05) is 6.92 Å². The third-order valence-corrected chi connectivity index (χ3v) is 1.68. The monoisotopic (exact) mass is 126 g/mol. The van der Waals surface area contributed by atoms with E-state index in [0.29, 0.717) is 0 Å². The van der Waals surface area contributed by atoms with Crippen molar-refractivity contribution in [1.29, 1.82) is 0 Å². The van der Waals surface area contributed by atoms with Gasteiger partial charge in [0.25, 0.3) is 0 Å². The average molecular weight is 126 g/mol. The molecule has 0 aromatic rings. The van der Waals surface area contributed by atoms with Gasteiger partial charge in [0.15, 0.2) is 0 Å². The van der Waals surface area contributed by atoms with Crippen LogP contribution in [0.15, 0.2) is 11.6 Å². The molecule has 1 heterocycles. The Morgan fingerprint density at radius 3 is 2.89 bits per heavy atom. The van der Waals surface area contributed by atoms with Crippen LogP contribution in [0.25, 0.3) is 0 Å². The molecular formula is C7H14N2. The molecule has 0 aromatic heterocycles. The van der Waals surface area contributed by atoms with Crippen molar-refractivity contribution < 1.29 is 0 Å². The first-order valence-corrected chi connectivity index (χ1v) is 3.46. The first-order valence-electron chi connectivity index (χ1n) is 3.46. The summed E-state index contributed by atoms with van der Waals surface area (Å²) in [5.74, 6) is 0. The van der Waals surface area contributed by atoms with E-state index in [9.17, 15) is 0 Å². The Morgan fingerprint density at radius 1 is 1.78 bits per heavy atom. The molecule has 1 unspecified atom stereocenters. The topological polar surface area (TPSA) is 38.0 Å². The third kappa shape index (κ3) is 1.80. The van der Waals surface area contributed by atoms with Gasteiger partial charge in [-0.05, 0) is 19.9 Å². The van der Waals surface area contributed by atoms with E-state index in [4.69, 9.17) is 5.73 Å². The lowest BCUT2D eigenvalue weighted by molar-refractivity contribution is 0.659. The summed E-state index contributed by atoms with van der Waals surface area (Å²) in [7, 11) is 0. The smallest absolute Gasteiger partial charge is 0.0225 e. The van der Waals surface area contributed by atoms with Crippen LogP contribution in [0.2, 0.25) is 0 Å². The summed E-state index contributed by atoms with van der Waals surface area (Å²) in [6.45, 7) is 4.13. The Labute approximate surface area is 56.1 Å². The first-order chi connectivity index (χ1) is 4.30. The normalized spacial score (nSPS) is 23.1. The van der Waals surface area contributed by atoms with E-state index >= 15 is 0 Å². The van der Waals surface area contributed by atoms with Crippen LogP contribution in [0.5, 0.6) is 0 Å². The van der Waals surface area contributed by atoms with Crippen LogP contribution >= 0.6 is 0 Å². The zero-order valence-electron chi connectivity index (χ0n) is 5.85. The lowest BCUT2D eigenvalue weighted by Crippen LogP contribution is -2.27. The van der Waals surface area contributed by atoms with Crippen LogP contribution in [-0.2, 0) is 0 Å². The molecule has 1 aliphatic heterocycles. The van der Waals surface area contributed by atoms with Crippen molar-refractivity contribution in [3.63, 3.8) is 0 Å². The summed E-state index contributed by atoms with van der Waals surface area (Å²) in [6, 6.07) is 0.257. The summed E-state index contributed by atoms with van der Waals surface area (Å²) in [5.41, 5.74) is 7.07. The molecule has 1 atom stereocenters. The standard InChI is InChI=1S/C7H14N2/c1-6(8)7-2-4-9-5-3-7/h2,6,9H,3-5,8H2,1H3. The molecule has 1 aliphatic rings. The average Bonchev–Trinajstić information content (AvgIpc) is 1.90. The van der Waals surface area contributed by atoms with Crippen molar-refractivity contribution in [2.45, 2.75) is 19.4 Å². The Balaban J connectivity index is 2.46. The summed E-state index contributed by atoms with van der Waals surface area (Å²) in [4.78, 5) is 0. The van der Waals surface area contributed by atoms with E-state index in [0.717, 1.165) is 19.5 Å². The molecule has 52 valence electrons. The molecule has 0 aromatic carbocycles. The number of rotatable bonds is 1. The van der Waals surface area contributed by atoms with Crippen molar-refractivity contribution in [2.75, 3.05) is 13.1 Å². The van der Waals surface area contributed by atoms with E-state index in [2.05, 4.69) is 11.4 Å². The molecule has 2 nitrogen and oxygen atoms in total. The van der Waals surface area contributed by atoms with Crippen LogP contribution in [-0.4, -0.2) is 19.1 Å². The molecular weight excluding hydrogens is 112 g/mol. The van der Waals surface area contributed by atoms with Crippen molar-refractivity contribution in [3.05, 3.63) is 11.6 Å². The van der Waals surface area contributed by atoms with E-state index in [-0.39, 0.29) is 6.04 Å². The van der Waals surface area contributed by atoms with Gasteiger partial charge < -0.3 is 11.1 Å². The highest BCUT2D eigenvalue weighted by atomic mass is 14.9. The summed E-state index contributed by atoms with van der Waals surface area (Å²) < 4.78 is 0. The highest BCUT2D eigenvalue weighted by Crippen LogP contribution is 2.06. The minimum absolute atomic E-state index is 0.257. The van der Waals surface area contributed by atoms with Crippen LogP contribution in [0.1, 0.15) is 13.3 Å². The quantitative estimate of drug-likeness (QED) is 0.494. The maximum atomic E-state index is 5.67. The van der Waals surface area contributed by atoms with Gasteiger partial charge in [0.05, 0.1) is 0 Å². The molecule has 0 amide bonds. The summed E-state index contributed by atoms with van der Waals surface area (Å²) >= 11 is 0. The minimum atomic E-state index is 0.257. The first kappa shape index (κ1) is 6.78. The summed E-state index contributed by atoms with van der Waals surface area (Å²) in [6.07, 6.45) is 3.31. The number of hydrogen-bond donors (Lipinski definition) is 2. The maximum Gasteiger partial charge on any atom is 0.0225 e. The van der Waals surface area contributed by atoms with Gasteiger partial charge in [0.2, 0.25) is 0 Å². The lowest BCUT2D eigenvalue weighted by atomic mass is 10.0. The van der Waals surface area contributed by atoms with Crippen molar-refractivity contribution in [2.24, 2.45) is 5.73 Å². The number of nitrogens with two attached hydrogens (primary N) is 1. The van der Waals surface area contributed by atoms with E-state index < -0.39 is 0 Å². The Morgan fingerprint density at radius 2 is 2.56 bits per heavy atom. The maximum absolute atomic E-state index is 5.67. The molecule has 1 rings (SSSR count). The molecule has 0 saturated carbocycles. The van der Waals surface area contributed by atoms with E-state index in [1.54, 1.807) is 0 Å². The number of nitrogens with one attached hydrogen (secondary N) is 1. The fraction of sp³-hybridized carbons (Fsp3) is 0.714. The Bertz CT molecular complexity index is 116. The zero-order chi connectivity index (χ0) is 6.69. The minimum Gasteiger partial charge on any atom is -0.324 e. The predicted molar refractivity (Wildman–Crippen MR) is 39.2 cm³/mol. The lowest BCUT2D eigenvalue weighted by Gasteiger charge is -2.16. The van der Waals surface area contributed by atoms with Crippen molar-refractivity contribution in [3.8, 4) is 0 Å². The van der Waals surface area contributed by atoms with Gasteiger partial charge in [0.1, 0.15) is 0 Å². The van der Waals surface area contributed by atoms with E-state index in [1.165, 1.54) is 5.57 Å². The van der Waals surface area contributed by atoms with Crippen molar-refractivity contribution >= 4 is 0 Å². The van der Waals surface area contributed by atoms with Crippen LogP contribution < -0.4 is 11.1 Å². The fourth-order valence-electron chi connectivity index (χ4n) is 1.05. The Kier molecular flexibility index (Phi) is 2.25. The third-order valence-electron chi connectivity index (χ3n) is 1.68. The van der Waals surface area contributed by atoms with Crippen LogP contribution in [0, 0.1) is 0 Å². The molecule has 0 bridgehead atoms. The van der Waals surface area contributed by atoms with Gasteiger partial charge in [0, 0.05) is 12.6 Å². The van der Waals surface area contributed by atoms with Crippen LogP contribution in [0.4, 0.5) is 0 Å². The molecule has 0 spiro atoms. The molecule has 0 saturated heterocycles. The van der Waals surface area contributed by atoms with Gasteiger partial charge in [-0.2, -0.15) is 0 Å². The van der Waals surface area contributed by atoms with Gasteiger partial charge in [-0.3, -0.25) is 0 Å². The fourth-order valence-corrected chi connectivity index (χ4v) is 1.05. The molecule has 2 heteroatoms. The van der Waals surface area contributed by atoms with Gasteiger partial charge in [-0.25, -0.2) is 0 Å². The summed E-state index contributed by atoms with van der Waals surface area (Å²) in [5, 5.41) is 3.24. The van der Waals surface area contributed by atoms with Crippen LogP contribution in [0.3, 0.4) is 0 Å². The molecule has 3 N–H and O–H groups in total. The van der Waals surface area contributed by atoms with Gasteiger partial charge in [-0.1, -0.05) is 11.6 Å². The largest absolute Gasteiger partial charge is 0.324 e. The molecule has 0 radical (unpaired) electrons. The van der Waals surface area contributed by atoms with Crippen molar-refractivity contribution in [1.82, 2.24) is 5.32 Å². The SMILES string of the molecule is CC(N)C1=CCNCC1. The second-order valence-electron chi connectivity index (χ2n) is 2.52. The number of hydrogen-bond acceptors (Lipinski definition) is 2. The predicted octanol–water partition coefficient (Wildman–Crippen LogP) is 0.253. The second kappa shape index (κ2) is 2.99. The van der Waals surface area contributed by atoms with Gasteiger partial charge >= 0.3 is 0 Å². The van der Waals surface area contributed by atoms with Gasteiger partial charge in [-0.15, -0.1) is 0 Å².